The quantitative estimate of drug-likeness (QED) is 0.869. The van der Waals surface area contributed by atoms with Gasteiger partial charge in [0.1, 0.15) is 5.82 Å². The third kappa shape index (κ3) is 4.04. The molecule has 5 nitrogen and oxygen atoms in total. The maximum atomic E-state index is 13.6. The third-order valence-electron chi connectivity index (χ3n) is 3.74. The molecule has 0 radical (unpaired) electrons. The van der Waals surface area contributed by atoms with Crippen molar-refractivity contribution in [1.82, 2.24) is 14.9 Å². The number of carboxylic acid groups (broad SMARTS) is 1. The fourth-order valence-electron chi connectivity index (χ4n) is 2.07. The molecule has 0 aliphatic carbocycles. The topological polar surface area (TPSA) is 66.3 Å². The zero-order chi connectivity index (χ0) is 17.2. The number of pyridine rings is 2. The van der Waals surface area contributed by atoms with Crippen LogP contribution in [0.4, 0.5) is 9.18 Å². The highest BCUT2D eigenvalue weighted by molar-refractivity contribution is 9.10. The van der Waals surface area contributed by atoms with Crippen LogP contribution in [0, 0.1) is 5.82 Å². The number of amides is 1. The number of rotatable bonds is 4. The van der Waals surface area contributed by atoms with Crippen molar-refractivity contribution < 1.29 is 14.3 Å². The van der Waals surface area contributed by atoms with Crippen LogP contribution >= 0.6 is 15.9 Å². The smallest absolute Gasteiger partial charge is 0.407 e. The van der Waals surface area contributed by atoms with Gasteiger partial charge in [-0.15, -0.1) is 0 Å². The van der Waals surface area contributed by atoms with E-state index in [1.807, 2.05) is 13.8 Å². The van der Waals surface area contributed by atoms with E-state index in [2.05, 4.69) is 25.9 Å². The van der Waals surface area contributed by atoms with Gasteiger partial charge in [0.05, 0.1) is 10.2 Å². The lowest BCUT2D eigenvalue weighted by atomic mass is 9.96. The van der Waals surface area contributed by atoms with Crippen LogP contribution in [0.3, 0.4) is 0 Å². The lowest BCUT2D eigenvalue weighted by Crippen LogP contribution is -2.46. The summed E-state index contributed by atoms with van der Waals surface area (Å²) in [6.07, 6.45) is 2.50. The molecule has 0 bridgehead atoms. The van der Waals surface area contributed by atoms with Crippen LogP contribution < -0.4 is 0 Å². The highest BCUT2D eigenvalue weighted by Crippen LogP contribution is 2.23. The molecule has 1 amide bonds. The van der Waals surface area contributed by atoms with Gasteiger partial charge in [-0.05, 0) is 41.9 Å². The molecule has 7 heteroatoms. The SMILES string of the molecule is CN(C(=O)O)C(C)(C)Cc1ccc(-c2cc(F)c(Br)cn2)cn1. The molecular formula is C16H17BrFN3O2. The van der Waals surface area contributed by atoms with E-state index >= 15 is 0 Å². The molecule has 1 N–H and O–H groups in total. The molecule has 0 saturated carbocycles. The summed E-state index contributed by atoms with van der Waals surface area (Å²) in [4.78, 5) is 20.8. The normalized spacial score (nSPS) is 11.3. The first-order valence-corrected chi connectivity index (χ1v) is 7.73. The van der Waals surface area contributed by atoms with Crippen molar-refractivity contribution in [3.05, 3.63) is 46.6 Å². The van der Waals surface area contributed by atoms with Crippen molar-refractivity contribution in [1.29, 1.82) is 0 Å². The molecule has 0 atom stereocenters. The maximum absolute atomic E-state index is 13.6. The minimum Gasteiger partial charge on any atom is -0.465 e. The van der Waals surface area contributed by atoms with Gasteiger partial charge in [-0.25, -0.2) is 9.18 Å². The average molecular weight is 382 g/mol. The van der Waals surface area contributed by atoms with Crippen LogP contribution in [0.25, 0.3) is 11.3 Å². The van der Waals surface area contributed by atoms with Crippen molar-refractivity contribution >= 4 is 22.0 Å². The van der Waals surface area contributed by atoms with Crippen molar-refractivity contribution in [2.45, 2.75) is 25.8 Å². The van der Waals surface area contributed by atoms with E-state index in [0.717, 1.165) is 5.69 Å². The fraction of sp³-hybridized carbons (Fsp3) is 0.312. The largest absolute Gasteiger partial charge is 0.465 e. The molecule has 0 aliphatic heterocycles. The second kappa shape index (κ2) is 6.62. The van der Waals surface area contributed by atoms with E-state index in [0.29, 0.717) is 22.2 Å². The third-order valence-corrected chi connectivity index (χ3v) is 4.32. The van der Waals surface area contributed by atoms with Crippen LogP contribution in [-0.4, -0.2) is 38.7 Å². The molecule has 0 spiro atoms. The Kier molecular flexibility index (Phi) is 4.99. The number of hydrogen-bond acceptors (Lipinski definition) is 3. The van der Waals surface area contributed by atoms with Gasteiger partial charge in [-0.3, -0.25) is 9.97 Å². The number of nitrogens with zero attached hydrogens (tertiary/aromatic N) is 3. The second-order valence-electron chi connectivity index (χ2n) is 5.85. The van der Waals surface area contributed by atoms with Crippen LogP contribution in [0.2, 0.25) is 0 Å². The lowest BCUT2D eigenvalue weighted by molar-refractivity contribution is 0.110. The summed E-state index contributed by atoms with van der Waals surface area (Å²) in [5.41, 5.74) is 1.36. The molecular weight excluding hydrogens is 365 g/mol. The number of halogens is 2. The first kappa shape index (κ1) is 17.3. The Morgan fingerprint density at radius 1 is 1.35 bits per heavy atom. The molecule has 0 aromatic carbocycles. The summed E-state index contributed by atoms with van der Waals surface area (Å²) < 4.78 is 13.9. The Hall–Kier alpha value is -2.02. The monoisotopic (exact) mass is 381 g/mol. The first-order chi connectivity index (χ1) is 10.7. The van der Waals surface area contributed by atoms with Crippen LogP contribution in [0.1, 0.15) is 19.5 Å². The Morgan fingerprint density at radius 2 is 2.04 bits per heavy atom. The summed E-state index contributed by atoms with van der Waals surface area (Å²) in [6.45, 7) is 3.67. The molecule has 0 unspecified atom stereocenters. The molecule has 122 valence electrons. The molecule has 2 heterocycles. The number of likely N-dealkylation sites (N-methyl/N-ethyl adjacent to an activating group) is 1. The van der Waals surface area contributed by atoms with Gasteiger partial charge in [-0.1, -0.05) is 0 Å². The zero-order valence-corrected chi connectivity index (χ0v) is 14.6. The number of aromatic nitrogens is 2. The minimum atomic E-state index is -0.985. The molecule has 2 aromatic rings. The highest BCUT2D eigenvalue weighted by atomic mass is 79.9. The first-order valence-electron chi connectivity index (χ1n) is 6.94. The molecule has 2 aromatic heterocycles. The van der Waals surface area contributed by atoms with Gasteiger partial charge in [0.25, 0.3) is 0 Å². The van der Waals surface area contributed by atoms with Gasteiger partial charge >= 0.3 is 6.09 Å². The molecule has 0 fully saturated rings. The molecule has 0 saturated heterocycles. The van der Waals surface area contributed by atoms with E-state index < -0.39 is 11.6 Å². The summed E-state index contributed by atoms with van der Waals surface area (Å²) in [7, 11) is 1.53. The maximum Gasteiger partial charge on any atom is 0.407 e. The van der Waals surface area contributed by atoms with Gasteiger partial charge < -0.3 is 10.0 Å². The minimum absolute atomic E-state index is 0.310. The molecule has 0 aliphatic rings. The Labute approximate surface area is 142 Å². The Morgan fingerprint density at radius 3 is 2.57 bits per heavy atom. The van der Waals surface area contributed by atoms with Crippen molar-refractivity contribution in [3.63, 3.8) is 0 Å². The summed E-state index contributed by atoms with van der Waals surface area (Å²) in [5, 5.41) is 9.09. The summed E-state index contributed by atoms with van der Waals surface area (Å²) in [5.74, 6) is -0.386. The van der Waals surface area contributed by atoms with E-state index in [-0.39, 0.29) is 5.82 Å². The predicted octanol–water partition coefficient (Wildman–Crippen LogP) is 3.98. The van der Waals surface area contributed by atoms with Crippen molar-refractivity contribution in [2.75, 3.05) is 7.05 Å². The molecule has 23 heavy (non-hydrogen) atoms. The number of hydrogen-bond donors (Lipinski definition) is 1. The van der Waals surface area contributed by atoms with Gasteiger partial charge in [-0.2, -0.15) is 0 Å². The van der Waals surface area contributed by atoms with E-state index in [4.69, 9.17) is 5.11 Å². The predicted molar refractivity (Wildman–Crippen MR) is 88.7 cm³/mol. The molecule has 2 rings (SSSR count). The highest BCUT2D eigenvalue weighted by Gasteiger charge is 2.28. The van der Waals surface area contributed by atoms with Crippen LogP contribution in [0.5, 0.6) is 0 Å². The van der Waals surface area contributed by atoms with Crippen molar-refractivity contribution in [3.8, 4) is 11.3 Å². The van der Waals surface area contributed by atoms with Crippen LogP contribution in [0.15, 0.2) is 35.1 Å². The van der Waals surface area contributed by atoms with E-state index in [1.54, 1.807) is 18.3 Å². The Balaban J connectivity index is 2.19. The van der Waals surface area contributed by atoms with Crippen molar-refractivity contribution in [2.24, 2.45) is 0 Å². The second-order valence-corrected chi connectivity index (χ2v) is 6.71. The fourth-order valence-corrected chi connectivity index (χ4v) is 2.29. The van der Waals surface area contributed by atoms with E-state index in [1.165, 1.54) is 24.2 Å². The number of carbonyl (C=O) groups is 1. The standard InChI is InChI=1S/C16H17BrFN3O2/c1-16(2,21(3)15(22)23)7-11-5-4-10(8-19-11)14-6-13(18)12(17)9-20-14/h4-6,8-9H,7H2,1-3H3,(H,22,23). The van der Waals surface area contributed by atoms with Gasteiger partial charge in [0.2, 0.25) is 0 Å². The van der Waals surface area contributed by atoms with Gasteiger partial charge in [0, 0.05) is 48.7 Å². The lowest BCUT2D eigenvalue weighted by Gasteiger charge is -2.33. The zero-order valence-electron chi connectivity index (χ0n) is 13.0. The average Bonchev–Trinajstić information content (AvgIpc) is 2.49. The Bertz CT molecular complexity index is 720. The summed E-state index contributed by atoms with van der Waals surface area (Å²) in [6, 6.07) is 4.94. The van der Waals surface area contributed by atoms with E-state index in [9.17, 15) is 9.18 Å². The van der Waals surface area contributed by atoms with Gasteiger partial charge in [0.15, 0.2) is 0 Å². The van der Waals surface area contributed by atoms with Crippen LogP contribution in [-0.2, 0) is 6.42 Å². The summed E-state index contributed by atoms with van der Waals surface area (Å²) >= 11 is 3.07.